The van der Waals surface area contributed by atoms with E-state index < -0.39 is 0 Å². The van der Waals surface area contributed by atoms with Crippen molar-refractivity contribution in [3.05, 3.63) is 59.0 Å². The van der Waals surface area contributed by atoms with Gasteiger partial charge in [0.05, 0.1) is 5.56 Å². The summed E-state index contributed by atoms with van der Waals surface area (Å²) in [5.74, 6) is 0.0207. The Bertz CT molecular complexity index is 520. The van der Waals surface area contributed by atoms with Crippen LogP contribution in [0.5, 0.6) is 0 Å². The highest BCUT2D eigenvalue weighted by atomic mass is 16.3. The van der Waals surface area contributed by atoms with E-state index in [9.17, 15) is 9.59 Å². The normalized spacial score (nSPS) is 10.1. The number of ketones is 1. The fourth-order valence-electron chi connectivity index (χ4n) is 1.41. The molecule has 0 aliphatic rings. The highest BCUT2D eigenvalue weighted by Crippen LogP contribution is 2.13. The second kappa shape index (κ2) is 4.14. The van der Waals surface area contributed by atoms with E-state index in [0.717, 1.165) is 5.56 Å². The molecule has 2 rings (SSSR count). The van der Waals surface area contributed by atoms with Gasteiger partial charge in [-0.25, -0.2) is 0 Å². The van der Waals surface area contributed by atoms with Crippen LogP contribution in [0.1, 0.15) is 32.0 Å². The molecule has 0 saturated heterocycles. The number of carbonyl (C=O) groups excluding carboxylic acids is 2. The molecule has 0 aliphatic carbocycles. The molecule has 1 heterocycles. The third-order valence-electron chi connectivity index (χ3n) is 2.31. The predicted octanol–water partition coefficient (Wildman–Crippen LogP) is 2.63. The zero-order valence-electron chi connectivity index (χ0n) is 8.77. The van der Waals surface area contributed by atoms with Crippen molar-refractivity contribution >= 4 is 12.1 Å². The molecule has 0 saturated carbocycles. The molecule has 3 nitrogen and oxygen atoms in total. The van der Waals surface area contributed by atoms with Crippen LogP contribution >= 0.6 is 0 Å². The Hall–Kier alpha value is -2.16. The smallest absolute Gasteiger partial charge is 0.196 e. The fraction of sp³-hybridized carbons (Fsp3) is 0.0769. The second-order valence-corrected chi connectivity index (χ2v) is 3.55. The van der Waals surface area contributed by atoms with E-state index in [1.165, 1.54) is 12.3 Å². The summed E-state index contributed by atoms with van der Waals surface area (Å²) in [5, 5.41) is 0. The number of aldehydes is 1. The summed E-state index contributed by atoms with van der Waals surface area (Å²) in [6.45, 7) is 1.95. The van der Waals surface area contributed by atoms with Crippen LogP contribution in [0, 0.1) is 6.92 Å². The Kier molecular flexibility index (Phi) is 2.68. The van der Waals surface area contributed by atoms with Gasteiger partial charge in [-0.1, -0.05) is 29.8 Å². The van der Waals surface area contributed by atoms with E-state index >= 15 is 0 Å². The summed E-state index contributed by atoms with van der Waals surface area (Å²) in [7, 11) is 0. The lowest BCUT2D eigenvalue weighted by Gasteiger charge is -1.97. The highest BCUT2D eigenvalue weighted by Gasteiger charge is 2.11. The number of aryl methyl sites for hydroxylation is 1. The average Bonchev–Trinajstić information content (AvgIpc) is 2.77. The van der Waals surface area contributed by atoms with Gasteiger partial charge in [-0.15, -0.1) is 0 Å². The van der Waals surface area contributed by atoms with Gasteiger partial charge in [0, 0.05) is 5.56 Å². The summed E-state index contributed by atoms with van der Waals surface area (Å²) < 4.78 is 4.89. The lowest BCUT2D eigenvalue weighted by atomic mass is 10.0. The number of benzene rings is 1. The van der Waals surface area contributed by atoms with Crippen LogP contribution in [-0.4, -0.2) is 12.1 Å². The molecule has 1 aromatic heterocycles. The molecule has 1 aromatic carbocycles. The van der Waals surface area contributed by atoms with E-state index in [0.29, 0.717) is 17.4 Å². The largest absolute Gasteiger partial charge is 0.461 e. The molecular weight excluding hydrogens is 204 g/mol. The Balaban J connectivity index is 2.31. The van der Waals surface area contributed by atoms with Crippen molar-refractivity contribution in [2.75, 3.05) is 0 Å². The molecule has 0 unspecified atom stereocenters. The van der Waals surface area contributed by atoms with Gasteiger partial charge in [0.1, 0.15) is 6.26 Å². The molecule has 0 N–H and O–H groups in total. The maximum absolute atomic E-state index is 11.9. The molecule has 0 radical (unpaired) electrons. The number of carbonyl (C=O) groups is 2. The van der Waals surface area contributed by atoms with Gasteiger partial charge in [-0.3, -0.25) is 9.59 Å². The van der Waals surface area contributed by atoms with Gasteiger partial charge < -0.3 is 4.42 Å². The first kappa shape index (κ1) is 10.4. The molecule has 3 heteroatoms. The molecule has 0 fully saturated rings. The first-order valence-corrected chi connectivity index (χ1v) is 4.86. The van der Waals surface area contributed by atoms with Crippen molar-refractivity contribution in [3.63, 3.8) is 0 Å². The number of hydrogen-bond acceptors (Lipinski definition) is 3. The lowest BCUT2D eigenvalue weighted by Crippen LogP contribution is -1.99. The van der Waals surface area contributed by atoms with Crippen molar-refractivity contribution in [3.8, 4) is 0 Å². The Morgan fingerprint density at radius 3 is 2.44 bits per heavy atom. The Labute approximate surface area is 92.7 Å². The minimum Gasteiger partial charge on any atom is -0.461 e. The van der Waals surface area contributed by atoms with Crippen molar-refractivity contribution in [1.82, 2.24) is 0 Å². The zero-order valence-corrected chi connectivity index (χ0v) is 8.77. The molecular formula is C13H10O3. The van der Waals surface area contributed by atoms with Crippen LogP contribution in [-0.2, 0) is 0 Å². The zero-order chi connectivity index (χ0) is 11.5. The van der Waals surface area contributed by atoms with E-state index in [1.807, 2.05) is 19.1 Å². The van der Waals surface area contributed by atoms with Crippen LogP contribution in [0.2, 0.25) is 0 Å². The van der Waals surface area contributed by atoms with Crippen LogP contribution < -0.4 is 0 Å². The maximum Gasteiger partial charge on any atom is 0.196 e. The Morgan fingerprint density at radius 2 is 1.88 bits per heavy atom. The van der Waals surface area contributed by atoms with Gasteiger partial charge in [0.25, 0.3) is 0 Å². The SMILES string of the molecule is Cc1ccc(C(=O)c2coc(C=O)c2)cc1. The molecule has 0 bridgehead atoms. The molecule has 2 aromatic rings. The van der Waals surface area contributed by atoms with Crippen molar-refractivity contribution in [1.29, 1.82) is 0 Å². The van der Waals surface area contributed by atoms with E-state index in [1.54, 1.807) is 12.1 Å². The van der Waals surface area contributed by atoms with Gasteiger partial charge in [0.15, 0.2) is 17.8 Å². The van der Waals surface area contributed by atoms with Gasteiger partial charge in [0.2, 0.25) is 0 Å². The maximum atomic E-state index is 11.9. The minimum atomic E-state index is -0.142. The van der Waals surface area contributed by atoms with Crippen LogP contribution in [0.15, 0.2) is 41.0 Å². The lowest BCUT2D eigenvalue weighted by molar-refractivity contribution is 0.103. The molecule has 0 spiro atoms. The molecule has 0 amide bonds. The first-order valence-electron chi connectivity index (χ1n) is 4.86. The molecule has 0 aliphatic heterocycles. The van der Waals surface area contributed by atoms with E-state index in [2.05, 4.69) is 0 Å². The van der Waals surface area contributed by atoms with Crippen molar-refractivity contribution in [2.24, 2.45) is 0 Å². The summed E-state index contributed by atoms with van der Waals surface area (Å²) in [5.41, 5.74) is 2.08. The summed E-state index contributed by atoms with van der Waals surface area (Å²) >= 11 is 0. The highest BCUT2D eigenvalue weighted by molar-refractivity contribution is 6.09. The third-order valence-corrected chi connectivity index (χ3v) is 2.31. The van der Waals surface area contributed by atoms with Crippen LogP contribution in [0.4, 0.5) is 0 Å². The fourth-order valence-corrected chi connectivity index (χ4v) is 1.41. The summed E-state index contributed by atoms with van der Waals surface area (Å²) in [4.78, 5) is 22.3. The molecule has 16 heavy (non-hydrogen) atoms. The van der Waals surface area contributed by atoms with Gasteiger partial charge in [-0.05, 0) is 13.0 Å². The standard InChI is InChI=1S/C13H10O3/c1-9-2-4-10(5-3-9)13(15)11-6-12(7-14)16-8-11/h2-8H,1H3. The van der Waals surface area contributed by atoms with Crippen LogP contribution in [0.25, 0.3) is 0 Å². The van der Waals surface area contributed by atoms with E-state index in [4.69, 9.17) is 4.42 Å². The number of rotatable bonds is 3. The quantitative estimate of drug-likeness (QED) is 0.582. The monoisotopic (exact) mass is 214 g/mol. The van der Waals surface area contributed by atoms with Crippen molar-refractivity contribution in [2.45, 2.75) is 6.92 Å². The molecule has 80 valence electrons. The summed E-state index contributed by atoms with van der Waals surface area (Å²) in [6, 6.07) is 8.69. The van der Waals surface area contributed by atoms with Crippen LogP contribution in [0.3, 0.4) is 0 Å². The van der Waals surface area contributed by atoms with E-state index in [-0.39, 0.29) is 11.5 Å². The Morgan fingerprint density at radius 1 is 1.19 bits per heavy atom. The first-order chi connectivity index (χ1) is 7.70. The summed E-state index contributed by atoms with van der Waals surface area (Å²) in [6.07, 6.45) is 1.87. The number of furan rings is 1. The van der Waals surface area contributed by atoms with Gasteiger partial charge >= 0.3 is 0 Å². The van der Waals surface area contributed by atoms with Gasteiger partial charge in [-0.2, -0.15) is 0 Å². The predicted molar refractivity (Wildman–Crippen MR) is 58.7 cm³/mol. The third kappa shape index (κ3) is 1.93. The topological polar surface area (TPSA) is 47.3 Å². The molecule has 0 atom stereocenters. The van der Waals surface area contributed by atoms with Crippen molar-refractivity contribution < 1.29 is 14.0 Å². The average molecular weight is 214 g/mol. The number of hydrogen-bond donors (Lipinski definition) is 0. The second-order valence-electron chi connectivity index (χ2n) is 3.55. The minimum absolute atomic E-state index is 0.142.